The zero-order valence-electron chi connectivity index (χ0n) is 13.3. The van der Waals surface area contributed by atoms with Gasteiger partial charge in [-0.2, -0.15) is 0 Å². The molecule has 0 fully saturated rings. The van der Waals surface area contributed by atoms with Gasteiger partial charge >= 0.3 is 5.97 Å². The van der Waals surface area contributed by atoms with Crippen molar-refractivity contribution in [3.05, 3.63) is 58.0 Å². The highest BCUT2D eigenvalue weighted by atomic mass is 16.5. The van der Waals surface area contributed by atoms with Crippen molar-refractivity contribution < 1.29 is 14.6 Å². The van der Waals surface area contributed by atoms with Crippen LogP contribution >= 0.6 is 0 Å². The van der Waals surface area contributed by atoms with E-state index >= 15 is 0 Å². The summed E-state index contributed by atoms with van der Waals surface area (Å²) in [7, 11) is 1.20. The average molecular weight is 329 g/mol. The third kappa shape index (κ3) is 2.92. The lowest BCUT2D eigenvalue weighted by atomic mass is 10.0. The molecule has 0 aliphatic carbocycles. The van der Waals surface area contributed by atoms with Gasteiger partial charge in [0.05, 0.1) is 13.2 Å². The fourth-order valence-corrected chi connectivity index (χ4v) is 2.87. The monoisotopic (exact) mass is 329 g/mol. The SMILES string of the molecule is COC(=O)c1c(O)c(=O)ccn1NC1CCCNc2ccccc21. The predicted molar refractivity (Wildman–Crippen MR) is 90.0 cm³/mol. The number of anilines is 1. The molecule has 3 N–H and O–H groups in total. The van der Waals surface area contributed by atoms with Crippen molar-refractivity contribution in [3.63, 3.8) is 0 Å². The summed E-state index contributed by atoms with van der Waals surface area (Å²) in [6.45, 7) is 0.856. The van der Waals surface area contributed by atoms with E-state index in [2.05, 4.69) is 15.5 Å². The van der Waals surface area contributed by atoms with E-state index in [0.717, 1.165) is 30.6 Å². The van der Waals surface area contributed by atoms with Gasteiger partial charge in [-0.1, -0.05) is 18.2 Å². The number of esters is 1. The molecule has 24 heavy (non-hydrogen) atoms. The van der Waals surface area contributed by atoms with Crippen molar-refractivity contribution in [2.75, 3.05) is 24.4 Å². The van der Waals surface area contributed by atoms with E-state index in [1.807, 2.05) is 24.3 Å². The van der Waals surface area contributed by atoms with Gasteiger partial charge in [0.15, 0.2) is 11.4 Å². The number of aromatic hydroxyl groups is 1. The fourth-order valence-electron chi connectivity index (χ4n) is 2.87. The van der Waals surface area contributed by atoms with E-state index in [9.17, 15) is 14.7 Å². The molecule has 126 valence electrons. The Bertz CT molecular complexity index is 816. The smallest absolute Gasteiger partial charge is 0.360 e. The normalized spacial score (nSPS) is 16.5. The maximum atomic E-state index is 12.0. The van der Waals surface area contributed by atoms with Crippen LogP contribution in [0.2, 0.25) is 0 Å². The molecule has 2 aromatic rings. The number of rotatable bonds is 3. The molecule has 3 rings (SSSR count). The minimum absolute atomic E-state index is 0.0819. The lowest BCUT2D eigenvalue weighted by Crippen LogP contribution is -2.28. The number of benzene rings is 1. The van der Waals surface area contributed by atoms with Gasteiger partial charge in [-0.05, 0) is 24.5 Å². The Morgan fingerprint density at radius 1 is 1.38 bits per heavy atom. The number of hydrogen-bond acceptors (Lipinski definition) is 6. The Balaban J connectivity index is 2.01. The molecule has 0 saturated heterocycles. The van der Waals surface area contributed by atoms with Crippen molar-refractivity contribution >= 4 is 11.7 Å². The van der Waals surface area contributed by atoms with Crippen LogP contribution in [0, 0.1) is 0 Å². The first-order valence-corrected chi connectivity index (χ1v) is 7.74. The molecule has 7 heteroatoms. The van der Waals surface area contributed by atoms with Crippen LogP contribution in [0.1, 0.15) is 34.9 Å². The fraction of sp³-hybridized carbons (Fsp3) is 0.294. The Kier molecular flexibility index (Phi) is 4.41. The van der Waals surface area contributed by atoms with Crippen LogP contribution in [-0.4, -0.2) is 29.4 Å². The van der Waals surface area contributed by atoms with Gasteiger partial charge in [-0.3, -0.25) is 9.47 Å². The van der Waals surface area contributed by atoms with E-state index in [1.54, 1.807) is 0 Å². The number of para-hydroxylation sites is 1. The maximum Gasteiger partial charge on any atom is 0.360 e. The summed E-state index contributed by atoms with van der Waals surface area (Å²) in [6.07, 6.45) is 3.19. The number of methoxy groups -OCH3 is 1. The number of nitrogens with one attached hydrogen (secondary N) is 2. The Hall–Kier alpha value is -2.96. The van der Waals surface area contributed by atoms with Crippen LogP contribution in [0.5, 0.6) is 5.75 Å². The number of pyridine rings is 1. The number of ether oxygens (including phenoxy) is 1. The zero-order valence-corrected chi connectivity index (χ0v) is 13.3. The Labute approximate surface area is 138 Å². The number of carbonyl (C=O) groups is 1. The van der Waals surface area contributed by atoms with Crippen molar-refractivity contribution in [2.45, 2.75) is 18.9 Å². The van der Waals surface area contributed by atoms with Gasteiger partial charge in [0.25, 0.3) is 0 Å². The van der Waals surface area contributed by atoms with E-state index in [1.165, 1.54) is 24.0 Å². The van der Waals surface area contributed by atoms with Crippen LogP contribution in [0.25, 0.3) is 0 Å². The third-order valence-electron chi connectivity index (χ3n) is 4.07. The molecule has 1 aliphatic heterocycles. The number of aromatic nitrogens is 1. The minimum Gasteiger partial charge on any atom is -0.502 e. The second-order valence-electron chi connectivity index (χ2n) is 5.58. The molecular weight excluding hydrogens is 310 g/mol. The van der Waals surface area contributed by atoms with Crippen LogP contribution in [0.4, 0.5) is 5.69 Å². The highest BCUT2D eigenvalue weighted by Crippen LogP contribution is 2.30. The summed E-state index contributed by atoms with van der Waals surface area (Å²) in [4.78, 5) is 23.6. The summed E-state index contributed by atoms with van der Waals surface area (Å²) >= 11 is 0. The van der Waals surface area contributed by atoms with Gasteiger partial charge in [0, 0.05) is 24.5 Å². The van der Waals surface area contributed by atoms with Gasteiger partial charge < -0.3 is 20.6 Å². The highest BCUT2D eigenvalue weighted by molar-refractivity contribution is 5.90. The first-order valence-electron chi connectivity index (χ1n) is 7.74. The Morgan fingerprint density at radius 3 is 2.96 bits per heavy atom. The summed E-state index contributed by atoms with van der Waals surface area (Å²) in [5.41, 5.74) is 4.45. The molecule has 0 saturated carbocycles. The van der Waals surface area contributed by atoms with Crippen molar-refractivity contribution in [2.24, 2.45) is 0 Å². The minimum atomic E-state index is -0.780. The molecule has 0 amide bonds. The van der Waals surface area contributed by atoms with Crippen LogP contribution in [-0.2, 0) is 4.74 Å². The van der Waals surface area contributed by atoms with E-state index in [4.69, 9.17) is 0 Å². The average Bonchev–Trinajstić information content (AvgIpc) is 2.80. The second-order valence-corrected chi connectivity index (χ2v) is 5.58. The first kappa shape index (κ1) is 15.9. The van der Waals surface area contributed by atoms with Crippen molar-refractivity contribution in [3.8, 4) is 5.75 Å². The predicted octanol–water partition coefficient (Wildman–Crippen LogP) is 1.83. The number of fused-ring (bicyclic) bond motifs is 1. The molecule has 2 heterocycles. The van der Waals surface area contributed by atoms with Gasteiger partial charge in [0.1, 0.15) is 0 Å². The largest absolute Gasteiger partial charge is 0.502 e. The van der Waals surface area contributed by atoms with Crippen LogP contribution in [0.3, 0.4) is 0 Å². The maximum absolute atomic E-state index is 12.0. The first-order chi connectivity index (χ1) is 11.6. The summed E-state index contributed by atoms with van der Waals surface area (Å²) in [5.74, 6) is -1.41. The summed E-state index contributed by atoms with van der Waals surface area (Å²) in [5, 5.41) is 13.3. The zero-order chi connectivity index (χ0) is 17.1. The van der Waals surface area contributed by atoms with E-state index in [-0.39, 0.29) is 11.7 Å². The molecule has 1 atom stereocenters. The molecule has 7 nitrogen and oxygen atoms in total. The molecule has 0 bridgehead atoms. The number of carbonyl (C=O) groups excluding carboxylic acids is 1. The topological polar surface area (TPSA) is 92.6 Å². The Morgan fingerprint density at radius 2 is 2.17 bits per heavy atom. The number of nitrogens with zero attached hydrogens (tertiary/aromatic N) is 1. The van der Waals surface area contributed by atoms with Gasteiger partial charge in [0.2, 0.25) is 5.43 Å². The summed E-state index contributed by atoms with van der Waals surface area (Å²) < 4.78 is 6.04. The van der Waals surface area contributed by atoms with Gasteiger partial charge in [-0.15, -0.1) is 0 Å². The molecule has 1 unspecified atom stereocenters. The summed E-state index contributed by atoms with van der Waals surface area (Å²) in [6, 6.07) is 9.03. The third-order valence-corrected chi connectivity index (χ3v) is 4.07. The molecular formula is C17H19N3O4. The lowest BCUT2D eigenvalue weighted by molar-refractivity contribution is 0.0584. The molecule has 1 aromatic heterocycles. The van der Waals surface area contributed by atoms with Crippen molar-refractivity contribution in [1.82, 2.24) is 4.68 Å². The molecule has 0 spiro atoms. The molecule has 1 aromatic carbocycles. The quantitative estimate of drug-likeness (QED) is 0.744. The van der Waals surface area contributed by atoms with Gasteiger partial charge in [-0.25, -0.2) is 4.79 Å². The van der Waals surface area contributed by atoms with E-state index in [0.29, 0.717) is 0 Å². The molecule has 1 aliphatic rings. The van der Waals surface area contributed by atoms with Crippen molar-refractivity contribution in [1.29, 1.82) is 0 Å². The van der Waals surface area contributed by atoms with Crippen LogP contribution in [0.15, 0.2) is 41.3 Å². The van der Waals surface area contributed by atoms with E-state index < -0.39 is 17.1 Å². The standard InChI is InChI=1S/C17H19N3O4/c1-24-17(23)15-16(22)14(21)8-10-20(15)19-13-7-4-9-18-12-6-3-2-5-11(12)13/h2-3,5-6,8,10,13,18-19,22H,4,7,9H2,1H3. The van der Waals surface area contributed by atoms with Crippen LogP contribution < -0.4 is 16.2 Å². The number of hydrogen-bond donors (Lipinski definition) is 3. The highest BCUT2D eigenvalue weighted by Gasteiger charge is 2.23. The second kappa shape index (κ2) is 6.66. The lowest BCUT2D eigenvalue weighted by Gasteiger charge is -2.23. The molecule has 0 radical (unpaired) electrons.